The van der Waals surface area contributed by atoms with Gasteiger partial charge in [-0.05, 0) is 6.92 Å². The molecule has 11 heteroatoms. The summed E-state index contributed by atoms with van der Waals surface area (Å²) in [4.78, 5) is 30.5. The lowest BCUT2D eigenvalue weighted by Crippen LogP contribution is -2.42. The highest BCUT2D eigenvalue weighted by atomic mass is 16.4. The maximum absolute atomic E-state index is 10.3. The zero-order valence-electron chi connectivity index (χ0n) is 13.0. The highest BCUT2D eigenvalue weighted by molar-refractivity contribution is 5.88. The Morgan fingerprint density at radius 1 is 0.913 bits per heavy atom. The summed E-state index contributed by atoms with van der Waals surface area (Å²) in [5, 5.41) is 42.0. The number of aliphatic hydroxyl groups excluding tert-OH is 1. The molecular formula is C12H27N3O8. The minimum atomic E-state index is -2.74. The summed E-state index contributed by atoms with van der Waals surface area (Å²) in [5.74, 6) is -5.02. The van der Waals surface area contributed by atoms with Crippen LogP contribution in [0, 0.1) is 0 Å². The average Bonchev–Trinajstić information content (AvgIpc) is 2.28. The summed E-state index contributed by atoms with van der Waals surface area (Å²) in [7, 11) is 0. The Hall–Kier alpha value is -2.31. The molecule has 0 heterocycles. The second-order valence-electron chi connectivity index (χ2n) is 3.61. The predicted octanol–water partition coefficient (Wildman–Crippen LogP) is 0.349. The average molecular weight is 341 g/mol. The van der Waals surface area contributed by atoms with Gasteiger partial charge in [0.25, 0.3) is 0 Å². The number of aliphatic carboxylic acids is 3. The van der Waals surface area contributed by atoms with Crippen LogP contribution in [0.2, 0.25) is 0 Å². The van der Waals surface area contributed by atoms with Crippen LogP contribution >= 0.6 is 0 Å². The van der Waals surface area contributed by atoms with Crippen molar-refractivity contribution in [1.29, 1.82) is 0 Å². The van der Waals surface area contributed by atoms with Gasteiger partial charge in [0.15, 0.2) is 5.60 Å². The van der Waals surface area contributed by atoms with Gasteiger partial charge in [0.2, 0.25) is 0 Å². The highest BCUT2D eigenvalue weighted by Gasteiger charge is 2.40. The molecule has 0 unspecified atom stereocenters. The molecule has 0 bridgehead atoms. The Bertz CT molecular complexity index is 380. The molecule has 0 fully saturated rings. The minimum Gasteiger partial charge on any atom is -0.481 e. The van der Waals surface area contributed by atoms with Crippen molar-refractivity contribution in [2.24, 2.45) is 0 Å². The van der Waals surface area contributed by atoms with E-state index in [1.165, 1.54) is 0 Å². The van der Waals surface area contributed by atoms with E-state index in [0.29, 0.717) is 0 Å². The molecule has 0 aliphatic heterocycles. The van der Waals surface area contributed by atoms with Gasteiger partial charge in [-0.2, -0.15) is 0 Å². The molecule has 14 N–H and O–H groups in total. The van der Waals surface area contributed by atoms with Gasteiger partial charge in [-0.25, -0.2) is 4.79 Å². The van der Waals surface area contributed by atoms with Crippen molar-refractivity contribution < 1.29 is 39.9 Å². The van der Waals surface area contributed by atoms with Crippen LogP contribution in [0.25, 0.3) is 0 Å². The van der Waals surface area contributed by atoms with Crippen molar-refractivity contribution >= 4 is 17.9 Å². The fourth-order valence-corrected chi connectivity index (χ4v) is 0.965. The largest absolute Gasteiger partial charge is 0.481 e. The number of carbonyl (C=O) groups is 3. The molecule has 138 valence electrons. The predicted molar refractivity (Wildman–Crippen MR) is 83.2 cm³/mol. The lowest BCUT2D eigenvalue weighted by atomic mass is 9.96. The third-order valence-corrected chi connectivity index (χ3v) is 1.83. The molecule has 0 saturated heterocycles. The molecule has 0 rings (SSSR count). The molecule has 0 aliphatic carbocycles. The summed E-state index contributed by atoms with van der Waals surface area (Å²) >= 11 is 0. The minimum absolute atomic E-state index is 0. The van der Waals surface area contributed by atoms with Crippen LogP contribution < -0.4 is 18.5 Å². The Kier molecular flexibility index (Phi) is 25.1. The third-order valence-electron chi connectivity index (χ3n) is 1.83. The van der Waals surface area contributed by atoms with Gasteiger partial charge in [0, 0.05) is 0 Å². The first-order valence-corrected chi connectivity index (χ1v) is 5.47. The summed E-state index contributed by atoms with van der Waals surface area (Å²) < 4.78 is 0. The van der Waals surface area contributed by atoms with Crippen molar-refractivity contribution in [3.63, 3.8) is 0 Å². The van der Waals surface area contributed by atoms with E-state index in [0.717, 1.165) is 0 Å². The van der Waals surface area contributed by atoms with Crippen molar-refractivity contribution in [3.05, 3.63) is 24.3 Å². The first-order valence-electron chi connectivity index (χ1n) is 5.47. The summed E-state index contributed by atoms with van der Waals surface area (Å²) in [6.45, 7) is 2.06. The molecule has 0 aromatic rings. The highest BCUT2D eigenvalue weighted by Crippen LogP contribution is 2.15. The second-order valence-corrected chi connectivity index (χ2v) is 3.61. The fourth-order valence-electron chi connectivity index (χ4n) is 0.965. The zero-order chi connectivity index (χ0) is 16.2. The molecule has 23 heavy (non-hydrogen) atoms. The number of hydrogen-bond acceptors (Lipinski definition) is 8. The first-order chi connectivity index (χ1) is 9.19. The van der Waals surface area contributed by atoms with Crippen LogP contribution in [0.1, 0.15) is 19.8 Å². The van der Waals surface area contributed by atoms with Gasteiger partial charge in [0.1, 0.15) is 0 Å². The van der Waals surface area contributed by atoms with E-state index in [1.807, 2.05) is 19.1 Å². The topological polar surface area (TPSA) is 257 Å². The first kappa shape index (κ1) is 32.6. The van der Waals surface area contributed by atoms with E-state index in [4.69, 9.17) is 25.5 Å². The smallest absolute Gasteiger partial charge is 0.336 e. The Labute approximate surface area is 133 Å². The van der Waals surface area contributed by atoms with E-state index >= 15 is 0 Å². The fraction of sp³-hybridized carbons (Fsp3) is 0.417. The number of allylic oxidation sites excluding steroid dienone is 3. The van der Waals surface area contributed by atoms with E-state index in [9.17, 15) is 14.4 Å². The molecule has 0 aliphatic rings. The number of carboxylic acids is 3. The number of rotatable bonds is 7. The monoisotopic (exact) mass is 341 g/mol. The Morgan fingerprint density at radius 3 is 1.52 bits per heavy atom. The third kappa shape index (κ3) is 19.7. The van der Waals surface area contributed by atoms with Gasteiger partial charge in [-0.1, -0.05) is 24.3 Å². The molecule has 11 nitrogen and oxygen atoms in total. The van der Waals surface area contributed by atoms with Crippen LogP contribution in [-0.4, -0.2) is 55.6 Å². The second kappa shape index (κ2) is 17.7. The van der Waals surface area contributed by atoms with Crippen LogP contribution in [0.5, 0.6) is 0 Å². The summed E-state index contributed by atoms with van der Waals surface area (Å²) in [5.41, 5.74) is -2.74. The van der Waals surface area contributed by atoms with E-state index < -0.39 is 36.4 Å². The van der Waals surface area contributed by atoms with Crippen LogP contribution in [0.3, 0.4) is 0 Å². The van der Waals surface area contributed by atoms with Gasteiger partial charge in [-0.15, -0.1) is 0 Å². The molecule has 0 saturated carbocycles. The zero-order valence-corrected chi connectivity index (χ0v) is 13.0. The van der Waals surface area contributed by atoms with Gasteiger partial charge >= 0.3 is 17.9 Å². The molecule has 0 amide bonds. The Morgan fingerprint density at radius 2 is 1.30 bits per heavy atom. The SMILES string of the molecule is C/C=C/C=C/CO.N.N.N.O=C(O)CC(O)(CC(=O)O)C(=O)O. The normalized spacial score (nSPS) is 9.70. The molecule has 0 spiro atoms. The van der Waals surface area contributed by atoms with Crippen molar-refractivity contribution in [2.45, 2.75) is 25.4 Å². The standard InChI is InChI=1S/C6H8O7.C6H10O.3H3N/c7-3(8)1-6(13,5(11)12)2-4(9)10;1-2-3-4-5-6-7;;;/h13H,1-2H2,(H,7,8)(H,9,10)(H,11,12);2-5,7H,6H2,1H3;3*1H3/b;3-2+,5-4+;;;. The molecule has 0 aromatic carbocycles. The maximum atomic E-state index is 10.3. The van der Waals surface area contributed by atoms with E-state index in [-0.39, 0.29) is 25.1 Å². The van der Waals surface area contributed by atoms with E-state index in [1.54, 1.807) is 12.2 Å². The lowest BCUT2D eigenvalue weighted by Gasteiger charge is -2.18. The van der Waals surface area contributed by atoms with E-state index in [2.05, 4.69) is 0 Å². The van der Waals surface area contributed by atoms with Gasteiger partial charge in [0.05, 0.1) is 19.4 Å². The van der Waals surface area contributed by atoms with Gasteiger partial charge < -0.3 is 44.0 Å². The number of hydrogen-bond donors (Lipinski definition) is 8. The van der Waals surface area contributed by atoms with Gasteiger partial charge in [-0.3, -0.25) is 9.59 Å². The summed E-state index contributed by atoms with van der Waals surface area (Å²) in [6.07, 6.45) is 4.98. The Balaban J connectivity index is -0.0000000945. The number of carboxylic acid groups (broad SMARTS) is 3. The van der Waals surface area contributed by atoms with Crippen molar-refractivity contribution in [3.8, 4) is 0 Å². The molecule has 0 aromatic heterocycles. The van der Waals surface area contributed by atoms with Crippen LogP contribution in [-0.2, 0) is 14.4 Å². The molecule has 0 radical (unpaired) electrons. The van der Waals surface area contributed by atoms with Crippen LogP contribution in [0.15, 0.2) is 24.3 Å². The van der Waals surface area contributed by atoms with Crippen molar-refractivity contribution in [1.82, 2.24) is 18.5 Å². The molecular weight excluding hydrogens is 314 g/mol. The molecule has 0 atom stereocenters. The van der Waals surface area contributed by atoms with Crippen LogP contribution in [0.4, 0.5) is 0 Å². The number of aliphatic hydroxyl groups is 2. The lowest BCUT2D eigenvalue weighted by molar-refractivity contribution is -0.170. The summed E-state index contributed by atoms with van der Waals surface area (Å²) in [6, 6.07) is 0. The van der Waals surface area contributed by atoms with Crippen molar-refractivity contribution in [2.75, 3.05) is 6.61 Å². The quantitative estimate of drug-likeness (QED) is 0.293. The maximum Gasteiger partial charge on any atom is 0.336 e.